The van der Waals surface area contributed by atoms with E-state index in [9.17, 15) is 9.59 Å². The SMILES string of the molecule is O=C(O)CC(=O)OCCOc1ccc(-c2nc(C(Cl)(Cl)Cl)nc(C(Cl)(Cl)Cl)n2)cc1. The van der Waals surface area contributed by atoms with Crippen LogP contribution < -0.4 is 4.74 Å². The van der Waals surface area contributed by atoms with Gasteiger partial charge in [-0.1, -0.05) is 69.6 Å². The van der Waals surface area contributed by atoms with Gasteiger partial charge in [-0.15, -0.1) is 0 Å². The molecule has 0 amide bonds. The van der Waals surface area contributed by atoms with Crippen molar-refractivity contribution >= 4 is 81.5 Å². The molecule has 0 fully saturated rings. The van der Waals surface area contributed by atoms with Gasteiger partial charge in [0.15, 0.2) is 17.5 Å². The Balaban J connectivity index is 2.10. The molecule has 0 unspecified atom stereocenters. The number of alkyl halides is 6. The van der Waals surface area contributed by atoms with Gasteiger partial charge in [0.05, 0.1) is 0 Å². The van der Waals surface area contributed by atoms with Gasteiger partial charge < -0.3 is 14.6 Å². The fraction of sp³-hybridized carbons (Fsp3) is 0.312. The molecule has 162 valence electrons. The average molecular weight is 538 g/mol. The van der Waals surface area contributed by atoms with Crippen LogP contribution in [-0.2, 0) is 21.9 Å². The molecule has 8 nitrogen and oxygen atoms in total. The van der Waals surface area contributed by atoms with Crippen molar-refractivity contribution in [3.63, 3.8) is 0 Å². The van der Waals surface area contributed by atoms with Crippen LogP contribution in [0.2, 0.25) is 0 Å². The molecule has 1 heterocycles. The Bertz CT molecular complexity index is 883. The molecule has 0 radical (unpaired) electrons. The third-order valence-electron chi connectivity index (χ3n) is 3.17. The van der Waals surface area contributed by atoms with Crippen LogP contribution in [0.4, 0.5) is 0 Å². The van der Waals surface area contributed by atoms with Gasteiger partial charge in [0, 0.05) is 5.56 Å². The highest BCUT2D eigenvalue weighted by Crippen LogP contribution is 2.40. The Hall–Kier alpha value is -1.29. The topological polar surface area (TPSA) is 112 Å². The maximum absolute atomic E-state index is 11.1. The highest BCUT2D eigenvalue weighted by Gasteiger charge is 2.34. The van der Waals surface area contributed by atoms with E-state index in [1.165, 1.54) is 0 Å². The number of rotatable bonds is 7. The zero-order chi connectivity index (χ0) is 22.5. The van der Waals surface area contributed by atoms with Gasteiger partial charge in [-0.2, -0.15) is 0 Å². The summed E-state index contributed by atoms with van der Waals surface area (Å²) in [5, 5.41) is 8.47. The van der Waals surface area contributed by atoms with Crippen molar-refractivity contribution in [2.45, 2.75) is 14.0 Å². The number of aromatic nitrogens is 3. The fourth-order valence-corrected chi connectivity index (χ4v) is 2.46. The van der Waals surface area contributed by atoms with Crippen molar-refractivity contribution in [3.05, 3.63) is 35.9 Å². The molecule has 0 saturated carbocycles. The monoisotopic (exact) mass is 535 g/mol. The fourth-order valence-electron chi connectivity index (χ4n) is 1.95. The summed E-state index contributed by atoms with van der Waals surface area (Å²) in [7, 11) is 0. The number of carbonyl (C=O) groups is 2. The smallest absolute Gasteiger partial charge is 0.317 e. The first-order valence-electron chi connectivity index (χ1n) is 7.87. The molecule has 0 aliphatic heterocycles. The van der Waals surface area contributed by atoms with E-state index in [1.54, 1.807) is 24.3 Å². The van der Waals surface area contributed by atoms with E-state index in [4.69, 9.17) is 84.2 Å². The lowest BCUT2D eigenvalue weighted by Gasteiger charge is -2.15. The first kappa shape index (κ1) is 25.0. The number of ether oxygens (including phenoxy) is 2. The molecule has 0 atom stereocenters. The largest absolute Gasteiger partial charge is 0.490 e. The number of esters is 1. The van der Waals surface area contributed by atoms with E-state index < -0.39 is 25.9 Å². The third kappa shape index (κ3) is 7.76. The Morgan fingerprint density at radius 3 is 1.87 bits per heavy atom. The Morgan fingerprint density at radius 2 is 1.40 bits per heavy atom. The number of aliphatic carboxylic acids is 1. The first-order chi connectivity index (χ1) is 13.9. The molecule has 0 bridgehead atoms. The van der Waals surface area contributed by atoms with E-state index in [0.717, 1.165) is 0 Å². The van der Waals surface area contributed by atoms with Crippen LogP contribution in [0.3, 0.4) is 0 Å². The molecule has 1 aromatic heterocycles. The lowest BCUT2D eigenvalue weighted by atomic mass is 10.2. The predicted octanol–water partition coefficient (Wildman–Crippen LogP) is 4.59. The molecular formula is C16H11Cl6N3O5. The average Bonchev–Trinajstić information content (AvgIpc) is 2.63. The summed E-state index contributed by atoms with van der Waals surface area (Å²) in [6, 6.07) is 6.38. The van der Waals surface area contributed by atoms with Crippen LogP contribution in [-0.4, -0.2) is 45.2 Å². The Morgan fingerprint density at radius 1 is 0.867 bits per heavy atom. The number of nitrogens with zero attached hydrogens (tertiary/aromatic N) is 3. The molecular weight excluding hydrogens is 527 g/mol. The van der Waals surface area contributed by atoms with Gasteiger partial charge in [0.1, 0.15) is 25.4 Å². The van der Waals surface area contributed by atoms with Crippen LogP contribution in [0.15, 0.2) is 24.3 Å². The van der Waals surface area contributed by atoms with E-state index in [2.05, 4.69) is 15.0 Å². The van der Waals surface area contributed by atoms with Crippen molar-refractivity contribution in [2.75, 3.05) is 13.2 Å². The molecule has 0 spiro atoms. The van der Waals surface area contributed by atoms with Gasteiger partial charge in [-0.05, 0) is 24.3 Å². The third-order valence-corrected chi connectivity index (χ3v) is 4.18. The molecule has 1 N–H and O–H groups in total. The number of carbonyl (C=O) groups excluding carboxylic acids is 1. The maximum Gasteiger partial charge on any atom is 0.317 e. The first-order valence-corrected chi connectivity index (χ1v) is 10.1. The minimum Gasteiger partial charge on any atom is -0.490 e. The van der Waals surface area contributed by atoms with Gasteiger partial charge in [-0.3, -0.25) is 9.59 Å². The Labute approximate surface area is 200 Å². The second-order valence-electron chi connectivity index (χ2n) is 5.47. The quantitative estimate of drug-likeness (QED) is 0.236. The van der Waals surface area contributed by atoms with Crippen LogP contribution >= 0.6 is 69.6 Å². The standard InChI is InChI=1S/C16H11Cl6N3O5/c17-15(18,19)13-23-12(24-14(25-13)16(20,21)22)8-1-3-9(4-2-8)29-5-6-30-11(28)7-10(26)27/h1-4H,5-7H2,(H,26,27). The van der Waals surface area contributed by atoms with Crippen molar-refractivity contribution in [3.8, 4) is 17.1 Å². The molecule has 0 aliphatic carbocycles. The van der Waals surface area contributed by atoms with Crippen molar-refractivity contribution in [1.82, 2.24) is 15.0 Å². The van der Waals surface area contributed by atoms with Crippen LogP contribution in [0, 0.1) is 0 Å². The molecule has 0 aliphatic rings. The second-order valence-corrected chi connectivity index (χ2v) is 10.0. The summed E-state index contributed by atoms with van der Waals surface area (Å²) in [6.45, 7) is -0.0914. The maximum atomic E-state index is 11.1. The number of hydrogen-bond acceptors (Lipinski definition) is 7. The molecule has 2 rings (SSSR count). The lowest BCUT2D eigenvalue weighted by Crippen LogP contribution is -2.16. The molecule has 1 aromatic carbocycles. The number of hydrogen-bond donors (Lipinski definition) is 1. The van der Waals surface area contributed by atoms with E-state index in [0.29, 0.717) is 11.3 Å². The molecule has 0 saturated heterocycles. The zero-order valence-corrected chi connectivity index (χ0v) is 19.2. The summed E-state index contributed by atoms with van der Waals surface area (Å²) in [6.07, 6.45) is -0.715. The second kappa shape index (κ2) is 10.3. The molecule has 2 aromatic rings. The van der Waals surface area contributed by atoms with Crippen molar-refractivity contribution in [2.24, 2.45) is 0 Å². The van der Waals surface area contributed by atoms with E-state index >= 15 is 0 Å². The Kier molecular flexibility index (Phi) is 8.61. The van der Waals surface area contributed by atoms with E-state index in [1.807, 2.05) is 0 Å². The number of carboxylic acids is 1. The van der Waals surface area contributed by atoms with Crippen molar-refractivity contribution in [1.29, 1.82) is 0 Å². The minimum atomic E-state index is -1.97. The predicted molar refractivity (Wildman–Crippen MR) is 112 cm³/mol. The summed E-state index contributed by atoms with van der Waals surface area (Å²) in [4.78, 5) is 33.6. The normalized spacial score (nSPS) is 11.8. The van der Waals surface area contributed by atoms with Gasteiger partial charge in [-0.25, -0.2) is 15.0 Å². The number of carboxylic acid groups (broad SMARTS) is 1. The summed E-state index contributed by atoms with van der Waals surface area (Å²) in [5.41, 5.74) is 0.489. The van der Waals surface area contributed by atoms with Gasteiger partial charge in [0.2, 0.25) is 7.59 Å². The molecule has 14 heteroatoms. The number of halogens is 6. The summed E-state index contributed by atoms with van der Waals surface area (Å²) >= 11 is 35.1. The zero-order valence-electron chi connectivity index (χ0n) is 14.6. The van der Waals surface area contributed by atoms with Crippen LogP contribution in [0.1, 0.15) is 18.1 Å². The van der Waals surface area contributed by atoms with Crippen LogP contribution in [0.25, 0.3) is 11.4 Å². The lowest BCUT2D eigenvalue weighted by molar-refractivity contribution is -0.151. The highest BCUT2D eigenvalue weighted by molar-refractivity contribution is 6.67. The number of benzene rings is 1. The van der Waals surface area contributed by atoms with Gasteiger partial charge in [0.25, 0.3) is 0 Å². The summed E-state index contributed by atoms with van der Waals surface area (Å²) < 4.78 is 6.18. The van der Waals surface area contributed by atoms with Crippen molar-refractivity contribution < 1.29 is 24.2 Å². The molecule has 30 heavy (non-hydrogen) atoms. The van der Waals surface area contributed by atoms with Crippen LogP contribution in [0.5, 0.6) is 5.75 Å². The minimum absolute atomic E-state index is 0.0191. The summed E-state index contributed by atoms with van der Waals surface area (Å²) in [5.74, 6) is -2.03. The van der Waals surface area contributed by atoms with Gasteiger partial charge >= 0.3 is 11.9 Å². The van der Waals surface area contributed by atoms with E-state index in [-0.39, 0.29) is 30.7 Å². The highest BCUT2D eigenvalue weighted by atomic mass is 35.6.